The Kier molecular flexibility index (Phi) is 5.46. The zero-order chi connectivity index (χ0) is 20.6. The van der Waals surface area contributed by atoms with Gasteiger partial charge in [0.15, 0.2) is 0 Å². The summed E-state index contributed by atoms with van der Waals surface area (Å²) in [6.45, 7) is 11.0. The smallest absolute Gasteiger partial charge is 0.497 e. The Morgan fingerprint density at radius 1 is 1.07 bits per heavy atom. The van der Waals surface area contributed by atoms with Gasteiger partial charge in [0.05, 0.1) is 62.7 Å². The van der Waals surface area contributed by atoms with Gasteiger partial charge in [0.25, 0.3) is 0 Å². The summed E-state index contributed by atoms with van der Waals surface area (Å²) in [6.07, 6.45) is 0. The summed E-state index contributed by atoms with van der Waals surface area (Å²) in [6, 6.07) is 7.86. The molecule has 2 aliphatic heterocycles. The van der Waals surface area contributed by atoms with Gasteiger partial charge in [-0.25, -0.2) is 0 Å². The Morgan fingerprint density at radius 2 is 1.76 bits per heavy atom. The second kappa shape index (κ2) is 7.76. The highest BCUT2D eigenvalue weighted by Gasteiger charge is 2.53. The zero-order valence-corrected chi connectivity index (χ0v) is 17.9. The lowest BCUT2D eigenvalue weighted by molar-refractivity contribution is 0.00578. The molecule has 2 aromatic rings. The molecule has 2 aliphatic rings. The normalized spacial score (nSPS) is 20.0. The summed E-state index contributed by atoms with van der Waals surface area (Å²) in [5, 5.41) is 4.78. The van der Waals surface area contributed by atoms with Gasteiger partial charge in [0.2, 0.25) is 0 Å². The maximum absolute atomic E-state index is 6.30. The van der Waals surface area contributed by atoms with Crippen LogP contribution in [-0.4, -0.2) is 41.8 Å². The average Bonchev–Trinajstić information content (AvgIpc) is 3.15. The van der Waals surface area contributed by atoms with E-state index in [-0.39, 0.29) is 0 Å². The number of nitrogens with zero attached hydrogens (tertiary/aromatic N) is 2. The van der Waals surface area contributed by atoms with E-state index in [4.69, 9.17) is 28.6 Å². The number of hydrogen-bond acceptors (Lipinski definition) is 6. The van der Waals surface area contributed by atoms with Crippen LogP contribution in [0.15, 0.2) is 24.3 Å². The number of aromatic nitrogens is 2. The molecule has 0 saturated carbocycles. The van der Waals surface area contributed by atoms with Crippen molar-refractivity contribution in [3.8, 4) is 5.75 Å². The minimum atomic E-state index is -0.481. The van der Waals surface area contributed by atoms with E-state index in [1.54, 1.807) is 7.11 Å². The predicted octanol–water partition coefficient (Wildman–Crippen LogP) is 2.44. The van der Waals surface area contributed by atoms with Crippen LogP contribution < -0.4 is 10.2 Å². The van der Waals surface area contributed by atoms with Crippen LogP contribution in [0.4, 0.5) is 0 Å². The van der Waals surface area contributed by atoms with Crippen LogP contribution in [0.5, 0.6) is 5.75 Å². The van der Waals surface area contributed by atoms with Gasteiger partial charge in [-0.3, -0.25) is 4.68 Å². The molecule has 0 spiro atoms. The highest BCUT2D eigenvalue weighted by Crippen LogP contribution is 2.37. The summed E-state index contributed by atoms with van der Waals surface area (Å²) in [7, 11) is 1.18. The summed E-state index contributed by atoms with van der Waals surface area (Å²) in [4.78, 5) is 0. The third-order valence-electron chi connectivity index (χ3n) is 6.02. The van der Waals surface area contributed by atoms with Crippen LogP contribution in [0.3, 0.4) is 0 Å². The molecule has 156 valence electrons. The van der Waals surface area contributed by atoms with Crippen LogP contribution >= 0.6 is 0 Å². The second-order valence-electron chi connectivity index (χ2n) is 8.51. The van der Waals surface area contributed by atoms with E-state index < -0.39 is 18.3 Å². The summed E-state index contributed by atoms with van der Waals surface area (Å²) in [5.74, 6) is 0.832. The Morgan fingerprint density at radius 3 is 2.41 bits per heavy atom. The molecule has 0 bridgehead atoms. The molecule has 4 rings (SSSR count). The molecule has 0 aliphatic carbocycles. The first kappa shape index (κ1) is 20.4. The number of hydrogen-bond donors (Lipinski definition) is 0. The van der Waals surface area contributed by atoms with E-state index in [2.05, 4.69) is 27.7 Å². The number of ether oxygens (including phenoxy) is 3. The third kappa shape index (κ3) is 3.94. The molecule has 1 aromatic carbocycles. The second-order valence-corrected chi connectivity index (χ2v) is 8.51. The van der Waals surface area contributed by atoms with Crippen LogP contribution in [0.25, 0.3) is 0 Å². The van der Waals surface area contributed by atoms with Gasteiger partial charge in [-0.05, 0) is 45.4 Å². The lowest BCUT2D eigenvalue weighted by atomic mass is 9.77. The molecule has 0 N–H and O–H groups in total. The fourth-order valence-corrected chi connectivity index (χ4v) is 3.55. The third-order valence-corrected chi connectivity index (χ3v) is 6.02. The topological polar surface area (TPSA) is 64.0 Å². The van der Waals surface area contributed by atoms with Crippen molar-refractivity contribution in [1.29, 1.82) is 0 Å². The average molecular weight is 400 g/mol. The monoisotopic (exact) mass is 400 g/mol. The number of rotatable bonds is 6. The molecule has 1 fully saturated rings. The Labute approximate surface area is 172 Å². The van der Waals surface area contributed by atoms with Gasteiger partial charge in [-0.2, -0.15) is 5.10 Å². The molecule has 8 heteroatoms. The van der Waals surface area contributed by atoms with E-state index in [0.29, 0.717) is 26.4 Å². The maximum atomic E-state index is 6.30. The fourth-order valence-electron chi connectivity index (χ4n) is 3.55. The van der Waals surface area contributed by atoms with Crippen LogP contribution in [-0.2, 0) is 45.1 Å². The molecular weight excluding hydrogens is 371 g/mol. The molecule has 3 heterocycles. The zero-order valence-electron chi connectivity index (χ0n) is 17.9. The van der Waals surface area contributed by atoms with Crippen molar-refractivity contribution in [2.75, 3.05) is 13.7 Å². The summed E-state index contributed by atoms with van der Waals surface area (Å²) in [5.41, 5.74) is 3.05. The van der Waals surface area contributed by atoms with Crippen molar-refractivity contribution in [1.82, 2.24) is 9.78 Å². The lowest BCUT2D eigenvalue weighted by Crippen LogP contribution is -2.41. The van der Waals surface area contributed by atoms with Crippen molar-refractivity contribution in [2.24, 2.45) is 0 Å². The largest absolute Gasteiger partial charge is 0.498 e. The molecule has 0 radical (unpaired) electrons. The van der Waals surface area contributed by atoms with Crippen LogP contribution in [0.1, 0.15) is 44.6 Å². The minimum Gasteiger partial charge on any atom is -0.497 e. The quantitative estimate of drug-likeness (QED) is 0.695. The van der Waals surface area contributed by atoms with Crippen molar-refractivity contribution >= 4 is 12.6 Å². The SMILES string of the molecule is COc1ccc(COCc2nn3c(c2B2OC(C)(C)C(C)(C)O2)COCC3)cc1. The van der Waals surface area contributed by atoms with E-state index in [1.807, 2.05) is 28.9 Å². The fraction of sp³-hybridized carbons (Fsp3) is 0.571. The first-order valence-electron chi connectivity index (χ1n) is 10.0. The Hall–Kier alpha value is -1.87. The van der Waals surface area contributed by atoms with Crippen molar-refractivity contribution in [3.05, 3.63) is 41.2 Å². The first-order valence-corrected chi connectivity index (χ1v) is 10.0. The van der Waals surface area contributed by atoms with Crippen LogP contribution in [0, 0.1) is 0 Å². The molecule has 7 nitrogen and oxygen atoms in total. The number of methoxy groups -OCH3 is 1. The van der Waals surface area contributed by atoms with Gasteiger partial charge in [-0.1, -0.05) is 12.1 Å². The maximum Gasteiger partial charge on any atom is 0.498 e. The van der Waals surface area contributed by atoms with E-state index in [9.17, 15) is 0 Å². The van der Waals surface area contributed by atoms with Crippen molar-refractivity contribution in [2.45, 2.75) is 65.3 Å². The van der Waals surface area contributed by atoms with Crippen molar-refractivity contribution in [3.63, 3.8) is 0 Å². The predicted molar refractivity (Wildman–Crippen MR) is 109 cm³/mol. The summed E-state index contributed by atoms with van der Waals surface area (Å²) >= 11 is 0. The first-order chi connectivity index (χ1) is 13.8. The molecule has 0 atom stereocenters. The van der Waals surface area contributed by atoms with Crippen molar-refractivity contribution < 1.29 is 23.5 Å². The standard InChI is InChI=1S/C21H29BN2O5/c1-20(2)21(3,4)29-22(28-20)19-17(23-24-10-11-26-14-18(19)24)13-27-12-15-6-8-16(25-5)9-7-15/h6-9H,10-14H2,1-5H3. The molecule has 0 unspecified atom stereocenters. The molecule has 1 aromatic heterocycles. The van der Waals surface area contributed by atoms with Crippen LogP contribution in [0.2, 0.25) is 0 Å². The molecule has 0 amide bonds. The molecule has 29 heavy (non-hydrogen) atoms. The van der Waals surface area contributed by atoms with Gasteiger partial charge >= 0.3 is 7.12 Å². The van der Waals surface area contributed by atoms with E-state index in [0.717, 1.165) is 34.7 Å². The van der Waals surface area contributed by atoms with E-state index in [1.165, 1.54) is 0 Å². The summed E-state index contributed by atoms with van der Waals surface area (Å²) < 4.78 is 31.5. The number of benzene rings is 1. The highest BCUT2D eigenvalue weighted by atomic mass is 16.7. The molecule has 1 saturated heterocycles. The Bertz CT molecular complexity index is 847. The number of fused-ring (bicyclic) bond motifs is 1. The Balaban J connectivity index is 1.53. The lowest BCUT2D eigenvalue weighted by Gasteiger charge is -2.32. The van der Waals surface area contributed by atoms with Gasteiger partial charge in [0.1, 0.15) is 5.75 Å². The highest BCUT2D eigenvalue weighted by molar-refractivity contribution is 6.63. The van der Waals surface area contributed by atoms with Gasteiger partial charge in [-0.15, -0.1) is 0 Å². The molecular formula is C21H29BN2O5. The minimum absolute atomic E-state index is 0.380. The van der Waals surface area contributed by atoms with Gasteiger partial charge in [0, 0.05) is 5.46 Å². The van der Waals surface area contributed by atoms with Gasteiger partial charge < -0.3 is 23.5 Å². The van der Waals surface area contributed by atoms with E-state index >= 15 is 0 Å².